The lowest BCUT2D eigenvalue weighted by Gasteiger charge is -1.77. The lowest BCUT2D eigenvalue weighted by atomic mass is 10.3. The molecule has 0 aliphatic rings. The normalized spacial score (nSPS) is 8.77. The third-order valence-corrected chi connectivity index (χ3v) is 1.26. The fraction of sp³-hybridized carbons (Fsp3) is 0.500. The lowest BCUT2D eigenvalue weighted by molar-refractivity contribution is 0.305. The monoisotopic (exact) mass is 176 g/mol. The molecule has 0 bridgehead atoms. The molecule has 0 atom stereocenters. The van der Waals surface area contributed by atoms with E-state index in [2.05, 4.69) is 30.6 Å². The molecule has 0 rings (SSSR count). The number of unbranched alkanes of at least 4 members (excludes halogenated alkanes) is 1. The van der Waals surface area contributed by atoms with Crippen LogP contribution in [0.5, 0.6) is 0 Å². The predicted molar refractivity (Wildman–Crippen MR) is 55.9 cm³/mol. The Kier molecular flexibility index (Phi) is 9.84. The molecule has 0 aliphatic heterocycles. The molecule has 0 aromatic heterocycles. The van der Waals surface area contributed by atoms with Gasteiger partial charge in [0.05, 0.1) is 6.61 Å². The molecule has 0 heterocycles. The minimum absolute atomic E-state index is 0.146. The zero-order valence-electron chi connectivity index (χ0n) is 8.14. The molecule has 13 heavy (non-hydrogen) atoms. The highest BCUT2D eigenvalue weighted by molar-refractivity contribution is 5.17. The summed E-state index contributed by atoms with van der Waals surface area (Å²) in [4.78, 5) is 0. The van der Waals surface area contributed by atoms with Gasteiger partial charge in [0.2, 0.25) is 0 Å². The van der Waals surface area contributed by atoms with E-state index in [1.54, 1.807) is 0 Å². The molecule has 0 saturated carbocycles. The molecule has 0 fully saturated rings. The number of allylic oxidation sites excluding steroid dienone is 2. The first-order valence-electron chi connectivity index (χ1n) is 4.61. The van der Waals surface area contributed by atoms with Gasteiger partial charge < -0.3 is 5.11 Å². The lowest BCUT2D eigenvalue weighted by Crippen LogP contribution is -1.75. The molecule has 70 valence electrons. The van der Waals surface area contributed by atoms with Gasteiger partial charge in [0.25, 0.3) is 0 Å². The maximum atomic E-state index is 8.42. The van der Waals surface area contributed by atoms with Crippen LogP contribution < -0.4 is 0 Å². The van der Waals surface area contributed by atoms with Gasteiger partial charge in [-0.1, -0.05) is 30.8 Å². The van der Waals surface area contributed by atoms with Crippen molar-refractivity contribution in [3.8, 4) is 23.7 Å². The van der Waals surface area contributed by atoms with Crippen LogP contribution >= 0.6 is 0 Å². The van der Waals surface area contributed by atoms with E-state index in [1.807, 2.05) is 12.2 Å². The SMILES string of the molecule is CCCC#C/C=C/CC#CCCO. The Morgan fingerprint density at radius 1 is 1.15 bits per heavy atom. The van der Waals surface area contributed by atoms with Crippen LogP contribution in [-0.4, -0.2) is 11.7 Å². The van der Waals surface area contributed by atoms with E-state index < -0.39 is 0 Å². The Balaban J connectivity index is 3.44. The molecule has 0 spiro atoms. The summed E-state index contributed by atoms with van der Waals surface area (Å²) in [6.07, 6.45) is 7.13. The topological polar surface area (TPSA) is 20.2 Å². The predicted octanol–water partition coefficient (Wildman–Crippen LogP) is 2.12. The van der Waals surface area contributed by atoms with Crippen LogP contribution in [0.25, 0.3) is 0 Å². The van der Waals surface area contributed by atoms with Crippen molar-refractivity contribution in [3.63, 3.8) is 0 Å². The summed E-state index contributed by atoms with van der Waals surface area (Å²) in [6.45, 7) is 2.26. The number of hydrogen-bond donors (Lipinski definition) is 1. The quantitative estimate of drug-likeness (QED) is 0.653. The van der Waals surface area contributed by atoms with Gasteiger partial charge in [0, 0.05) is 19.3 Å². The number of hydrogen-bond acceptors (Lipinski definition) is 1. The maximum absolute atomic E-state index is 8.42. The minimum atomic E-state index is 0.146. The highest BCUT2D eigenvalue weighted by Crippen LogP contribution is 1.83. The van der Waals surface area contributed by atoms with Crippen LogP contribution in [0.15, 0.2) is 12.2 Å². The molecule has 1 heteroatoms. The summed E-state index contributed by atoms with van der Waals surface area (Å²) in [7, 11) is 0. The minimum Gasteiger partial charge on any atom is -0.395 e. The molecule has 0 radical (unpaired) electrons. The van der Waals surface area contributed by atoms with Crippen LogP contribution in [0, 0.1) is 23.7 Å². The van der Waals surface area contributed by atoms with E-state index in [1.165, 1.54) is 0 Å². The Morgan fingerprint density at radius 2 is 2.00 bits per heavy atom. The molecule has 0 aliphatic carbocycles. The average Bonchev–Trinajstić information content (AvgIpc) is 2.16. The van der Waals surface area contributed by atoms with Gasteiger partial charge in [-0.05, 0) is 12.5 Å². The first-order valence-corrected chi connectivity index (χ1v) is 4.61. The van der Waals surface area contributed by atoms with Gasteiger partial charge in [-0.3, -0.25) is 0 Å². The molecule has 0 unspecified atom stereocenters. The summed E-state index contributed by atoms with van der Waals surface area (Å²) in [5.74, 6) is 11.7. The number of aliphatic hydroxyl groups excluding tert-OH is 1. The zero-order valence-corrected chi connectivity index (χ0v) is 8.14. The van der Waals surface area contributed by atoms with Crippen molar-refractivity contribution in [3.05, 3.63) is 12.2 Å². The molecule has 0 saturated heterocycles. The Bertz CT molecular complexity index is 242. The Hall–Kier alpha value is -1.18. The third kappa shape index (κ3) is 10.8. The molecular formula is C12H16O. The van der Waals surface area contributed by atoms with Gasteiger partial charge in [0.1, 0.15) is 0 Å². The van der Waals surface area contributed by atoms with Crippen LogP contribution in [0.1, 0.15) is 32.6 Å². The van der Waals surface area contributed by atoms with Crippen LogP contribution in [-0.2, 0) is 0 Å². The smallest absolute Gasteiger partial charge is 0.0540 e. The van der Waals surface area contributed by atoms with Crippen molar-refractivity contribution in [1.82, 2.24) is 0 Å². The Morgan fingerprint density at radius 3 is 2.69 bits per heavy atom. The van der Waals surface area contributed by atoms with Gasteiger partial charge >= 0.3 is 0 Å². The second-order valence-electron chi connectivity index (χ2n) is 2.50. The number of rotatable bonds is 3. The van der Waals surface area contributed by atoms with E-state index in [4.69, 9.17) is 5.11 Å². The summed E-state index contributed by atoms with van der Waals surface area (Å²) in [6, 6.07) is 0. The molecule has 1 nitrogen and oxygen atoms in total. The van der Waals surface area contributed by atoms with Gasteiger partial charge in [-0.15, -0.1) is 5.92 Å². The largest absolute Gasteiger partial charge is 0.395 e. The molecule has 0 aromatic carbocycles. The van der Waals surface area contributed by atoms with E-state index in [9.17, 15) is 0 Å². The third-order valence-electron chi connectivity index (χ3n) is 1.26. The van der Waals surface area contributed by atoms with Crippen molar-refractivity contribution in [1.29, 1.82) is 0 Å². The van der Waals surface area contributed by atoms with Crippen molar-refractivity contribution < 1.29 is 5.11 Å². The zero-order chi connectivity index (χ0) is 9.78. The molecule has 0 amide bonds. The summed E-state index contributed by atoms with van der Waals surface area (Å²) >= 11 is 0. The van der Waals surface area contributed by atoms with Crippen LogP contribution in [0.2, 0.25) is 0 Å². The van der Waals surface area contributed by atoms with Gasteiger partial charge in [-0.2, -0.15) is 0 Å². The van der Waals surface area contributed by atoms with E-state index in [0.717, 1.165) is 19.3 Å². The highest BCUT2D eigenvalue weighted by atomic mass is 16.2. The second-order valence-corrected chi connectivity index (χ2v) is 2.50. The van der Waals surface area contributed by atoms with Crippen molar-refractivity contribution in [2.75, 3.05) is 6.61 Å². The molecular weight excluding hydrogens is 160 g/mol. The number of aliphatic hydroxyl groups is 1. The van der Waals surface area contributed by atoms with Crippen molar-refractivity contribution in [2.45, 2.75) is 32.6 Å². The van der Waals surface area contributed by atoms with Gasteiger partial charge in [-0.25, -0.2) is 0 Å². The summed E-state index contributed by atoms with van der Waals surface area (Å²) < 4.78 is 0. The fourth-order valence-corrected chi connectivity index (χ4v) is 0.649. The van der Waals surface area contributed by atoms with E-state index in [-0.39, 0.29) is 6.61 Å². The first kappa shape index (κ1) is 11.8. The van der Waals surface area contributed by atoms with Crippen LogP contribution in [0.3, 0.4) is 0 Å². The second kappa shape index (κ2) is 10.8. The highest BCUT2D eigenvalue weighted by Gasteiger charge is 1.71. The molecule has 1 N–H and O–H groups in total. The first-order chi connectivity index (χ1) is 6.41. The van der Waals surface area contributed by atoms with Crippen molar-refractivity contribution in [2.24, 2.45) is 0 Å². The van der Waals surface area contributed by atoms with Crippen molar-refractivity contribution >= 4 is 0 Å². The summed E-state index contributed by atoms with van der Waals surface area (Å²) in [5.41, 5.74) is 0. The summed E-state index contributed by atoms with van der Waals surface area (Å²) in [5, 5.41) is 8.42. The molecule has 0 aromatic rings. The fourth-order valence-electron chi connectivity index (χ4n) is 0.649. The van der Waals surface area contributed by atoms with Gasteiger partial charge in [0.15, 0.2) is 0 Å². The Labute approximate surface area is 80.9 Å². The van der Waals surface area contributed by atoms with Crippen LogP contribution in [0.4, 0.5) is 0 Å². The average molecular weight is 176 g/mol. The van der Waals surface area contributed by atoms with E-state index >= 15 is 0 Å². The van der Waals surface area contributed by atoms with E-state index in [0.29, 0.717) is 6.42 Å². The standard InChI is InChI=1S/C12H16O/c1-2-3-4-5-6-7-8-9-10-11-12-13/h6-7,13H,2-3,8,11-12H2,1H3/b7-6+. The maximum Gasteiger partial charge on any atom is 0.0540 e.